The predicted molar refractivity (Wildman–Crippen MR) is 98.3 cm³/mol. The van der Waals surface area contributed by atoms with Crippen molar-refractivity contribution in [3.05, 3.63) is 53.6 Å². The molecule has 26 heavy (non-hydrogen) atoms. The molecule has 0 spiro atoms. The molecule has 1 saturated heterocycles. The second kappa shape index (κ2) is 5.85. The highest BCUT2D eigenvalue weighted by Crippen LogP contribution is 2.56. The number of amides is 2. The van der Waals surface area contributed by atoms with Crippen LogP contribution in [-0.2, 0) is 9.59 Å². The normalized spacial score (nSPS) is 29.3. The zero-order chi connectivity index (χ0) is 17.8. The SMILES string of the molecule is O=C1[C@@H]2[C@@H]3CC[C@H](C3)[C@@H]2C(=O)N1c1ccc(Oc2ccc(Cl)cc2)cc1. The van der Waals surface area contributed by atoms with E-state index in [-0.39, 0.29) is 23.7 Å². The van der Waals surface area contributed by atoms with Crippen molar-refractivity contribution in [1.29, 1.82) is 0 Å². The van der Waals surface area contributed by atoms with Gasteiger partial charge in [0, 0.05) is 5.02 Å². The number of ether oxygens (including phenoxy) is 1. The van der Waals surface area contributed by atoms with Crippen molar-refractivity contribution in [3.8, 4) is 11.5 Å². The van der Waals surface area contributed by atoms with Gasteiger partial charge in [-0.3, -0.25) is 14.5 Å². The van der Waals surface area contributed by atoms with Crippen LogP contribution in [-0.4, -0.2) is 11.8 Å². The highest BCUT2D eigenvalue weighted by molar-refractivity contribution is 6.30. The van der Waals surface area contributed by atoms with E-state index in [1.54, 1.807) is 48.5 Å². The maximum Gasteiger partial charge on any atom is 0.237 e. The van der Waals surface area contributed by atoms with E-state index in [0.717, 1.165) is 19.3 Å². The van der Waals surface area contributed by atoms with Crippen molar-refractivity contribution in [2.75, 3.05) is 4.90 Å². The Hall–Kier alpha value is -2.33. The molecular weight excluding hydrogens is 350 g/mol. The average Bonchev–Trinajstić information content (AvgIpc) is 3.32. The Kier molecular flexibility index (Phi) is 3.57. The number of carbonyl (C=O) groups excluding carboxylic acids is 2. The van der Waals surface area contributed by atoms with E-state index in [4.69, 9.17) is 16.3 Å². The first-order chi connectivity index (χ1) is 12.6. The maximum absolute atomic E-state index is 12.9. The van der Waals surface area contributed by atoms with Crippen molar-refractivity contribution < 1.29 is 14.3 Å². The van der Waals surface area contributed by atoms with E-state index in [2.05, 4.69) is 0 Å². The Bertz CT molecular complexity index is 849. The first-order valence-electron chi connectivity index (χ1n) is 9.03. The van der Waals surface area contributed by atoms with Crippen molar-refractivity contribution in [2.24, 2.45) is 23.7 Å². The molecular formula is C21H18ClNO3. The third-order valence-corrected chi connectivity index (χ3v) is 6.32. The Balaban J connectivity index is 1.37. The summed E-state index contributed by atoms with van der Waals surface area (Å²) in [5, 5.41) is 0.651. The van der Waals surface area contributed by atoms with Gasteiger partial charge < -0.3 is 4.74 Å². The highest BCUT2D eigenvalue weighted by Gasteiger charge is 2.61. The molecule has 2 aromatic rings. The lowest BCUT2D eigenvalue weighted by atomic mass is 9.81. The van der Waals surface area contributed by atoms with Crippen LogP contribution < -0.4 is 9.64 Å². The molecule has 1 heterocycles. The van der Waals surface area contributed by atoms with Gasteiger partial charge >= 0.3 is 0 Å². The Morgan fingerprint density at radius 2 is 1.31 bits per heavy atom. The average molecular weight is 368 g/mol. The number of hydrogen-bond acceptors (Lipinski definition) is 3. The maximum atomic E-state index is 12.9. The van der Waals surface area contributed by atoms with Crippen LogP contribution in [0.2, 0.25) is 5.02 Å². The molecule has 2 amide bonds. The number of halogens is 1. The summed E-state index contributed by atoms with van der Waals surface area (Å²) in [7, 11) is 0. The lowest BCUT2D eigenvalue weighted by molar-refractivity contribution is -0.123. The molecule has 2 bridgehead atoms. The van der Waals surface area contributed by atoms with Gasteiger partial charge in [-0.25, -0.2) is 0 Å². The number of imide groups is 1. The van der Waals surface area contributed by atoms with Crippen LogP contribution in [0.15, 0.2) is 48.5 Å². The molecule has 0 aromatic heterocycles. The quantitative estimate of drug-likeness (QED) is 0.741. The summed E-state index contributed by atoms with van der Waals surface area (Å²) in [6, 6.07) is 14.2. The number of carbonyl (C=O) groups is 2. The largest absolute Gasteiger partial charge is 0.457 e. The zero-order valence-corrected chi connectivity index (χ0v) is 14.9. The highest BCUT2D eigenvalue weighted by atomic mass is 35.5. The fourth-order valence-electron chi connectivity index (χ4n) is 4.97. The van der Waals surface area contributed by atoms with Crippen molar-refractivity contribution >= 4 is 29.1 Å². The molecule has 2 aromatic carbocycles. The standard InChI is InChI=1S/C21H18ClNO3/c22-14-3-7-16(8-4-14)26-17-9-5-15(6-10-17)23-20(24)18-12-1-2-13(11-12)19(18)21(23)25/h3-10,12-13,18-19H,1-2,11H2/t12-,13-,18-,19+/m1/s1. The summed E-state index contributed by atoms with van der Waals surface area (Å²) in [5.41, 5.74) is 0.636. The van der Waals surface area contributed by atoms with Crippen molar-refractivity contribution in [2.45, 2.75) is 19.3 Å². The van der Waals surface area contributed by atoms with Crippen LogP contribution in [0.5, 0.6) is 11.5 Å². The van der Waals surface area contributed by atoms with Gasteiger partial charge in [-0.1, -0.05) is 11.6 Å². The number of anilines is 1. The fraction of sp³-hybridized carbons (Fsp3) is 0.333. The summed E-state index contributed by atoms with van der Waals surface area (Å²) in [5.74, 6) is 1.92. The summed E-state index contributed by atoms with van der Waals surface area (Å²) in [6.45, 7) is 0. The first kappa shape index (κ1) is 15.9. The van der Waals surface area contributed by atoms with Crippen LogP contribution in [0.25, 0.3) is 0 Å². The van der Waals surface area contributed by atoms with E-state index in [0.29, 0.717) is 34.0 Å². The van der Waals surface area contributed by atoms with E-state index < -0.39 is 0 Å². The van der Waals surface area contributed by atoms with Gasteiger partial charge in [0.2, 0.25) is 11.8 Å². The molecule has 4 nitrogen and oxygen atoms in total. The predicted octanol–water partition coefficient (Wildman–Crippen LogP) is 4.67. The van der Waals surface area contributed by atoms with Gasteiger partial charge in [-0.2, -0.15) is 0 Å². The molecule has 3 fully saturated rings. The van der Waals surface area contributed by atoms with E-state index in [1.807, 2.05) is 0 Å². The first-order valence-corrected chi connectivity index (χ1v) is 9.41. The summed E-state index contributed by atoms with van der Waals surface area (Å²) in [4.78, 5) is 27.1. The van der Waals surface area contributed by atoms with Crippen molar-refractivity contribution in [3.63, 3.8) is 0 Å². The minimum Gasteiger partial charge on any atom is -0.457 e. The van der Waals surface area contributed by atoms with Gasteiger partial charge in [0.25, 0.3) is 0 Å². The molecule has 3 aliphatic rings. The number of benzene rings is 2. The Morgan fingerprint density at radius 1 is 0.808 bits per heavy atom. The molecule has 0 radical (unpaired) electrons. The Morgan fingerprint density at radius 3 is 1.85 bits per heavy atom. The fourth-order valence-corrected chi connectivity index (χ4v) is 5.09. The second-order valence-corrected chi connectivity index (χ2v) is 7.88. The smallest absolute Gasteiger partial charge is 0.237 e. The van der Waals surface area contributed by atoms with E-state index in [1.165, 1.54) is 4.90 Å². The molecule has 5 heteroatoms. The van der Waals surface area contributed by atoms with Crippen LogP contribution in [0.1, 0.15) is 19.3 Å². The van der Waals surface area contributed by atoms with Crippen LogP contribution in [0.4, 0.5) is 5.69 Å². The monoisotopic (exact) mass is 367 g/mol. The van der Waals surface area contributed by atoms with Crippen LogP contribution >= 0.6 is 11.6 Å². The van der Waals surface area contributed by atoms with E-state index >= 15 is 0 Å². The molecule has 5 rings (SSSR count). The summed E-state index contributed by atoms with van der Waals surface area (Å²) >= 11 is 5.88. The molecule has 0 unspecified atom stereocenters. The number of hydrogen-bond donors (Lipinski definition) is 0. The minimum absolute atomic E-state index is 0.0152. The van der Waals surface area contributed by atoms with Gasteiger partial charge in [0.15, 0.2) is 0 Å². The topological polar surface area (TPSA) is 46.6 Å². The Labute approximate surface area is 156 Å². The minimum atomic E-state index is -0.0914. The molecule has 2 aliphatic carbocycles. The van der Waals surface area contributed by atoms with Gasteiger partial charge in [-0.05, 0) is 79.6 Å². The second-order valence-electron chi connectivity index (χ2n) is 7.45. The van der Waals surface area contributed by atoms with Gasteiger partial charge in [-0.15, -0.1) is 0 Å². The molecule has 0 N–H and O–H groups in total. The van der Waals surface area contributed by atoms with Crippen LogP contribution in [0.3, 0.4) is 0 Å². The van der Waals surface area contributed by atoms with Crippen LogP contribution in [0, 0.1) is 23.7 Å². The lowest BCUT2D eigenvalue weighted by Gasteiger charge is -2.19. The third kappa shape index (κ3) is 2.36. The molecule has 4 atom stereocenters. The lowest BCUT2D eigenvalue weighted by Crippen LogP contribution is -2.32. The van der Waals surface area contributed by atoms with Gasteiger partial charge in [0.1, 0.15) is 11.5 Å². The number of rotatable bonds is 3. The van der Waals surface area contributed by atoms with E-state index in [9.17, 15) is 9.59 Å². The molecule has 2 saturated carbocycles. The van der Waals surface area contributed by atoms with Gasteiger partial charge in [0.05, 0.1) is 17.5 Å². The summed E-state index contributed by atoms with van der Waals surface area (Å²) in [6.07, 6.45) is 3.23. The molecule has 132 valence electrons. The van der Waals surface area contributed by atoms with Crippen molar-refractivity contribution in [1.82, 2.24) is 0 Å². The number of nitrogens with zero attached hydrogens (tertiary/aromatic N) is 1. The third-order valence-electron chi connectivity index (χ3n) is 6.07. The zero-order valence-electron chi connectivity index (χ0n) is 14.1. The molecule has 1 aliphatic heterocycles. The number of fused-ring (bicyclic) bond motifs is 5. The summed E-state index contributed by atoms with van der Waals surface area (Å²) < 4.78 is 5.78.